The number of hydrogen-bond acceptors (Lipinski definition) is 3. The van der Waals surface area contributed by atoms with Crippen LogP contribution in [0.15, 0.2) is 66.7 Å². The maximum Gasteiger partial charge on any atom is 0.307 e. The van der Waals surface area contributed by atoms with Crippen molar-refractivity contribution < 1.29 is 14.6 Å². The molecule has 3 aromatic rings. The van der Waals surface area contributed by atoms with Crippen molar-refractivity contribution in [1.29, 1.82) is 0 Å². The number of carbonyl (C=O) groups is 1. The number of cyclic esters (lactones) is 1. The van der Waals surface area contributed by atoms with Crippen LogP contribution in [0.1, 0.15) is 24.0 Å². The first-order valence-corrected chi connectivity index (χ1v) is 7.69. The number of phenolic OH excluding ortho intramolecular Hbond substituents is 1. The number of fused-ring (bicyclic) bond motifs is 1. The molecule has 0 saturated carbocycles. The second-order valence-corrected chi connectivity index (χ2v) is 5.87. The maximum atomic E-state index is 11.9. The van der Waals surface area contributed by atoms with Gasteiger partial charge in [-0.3, -0.25) is 4.79 Å². The molecule has 3 nitrogen and oxygen atoms in total. The normalized spacial score (nSPS) is 20.6. The van der Waals surface area contributed by atoms with Crippen LogP contribution in [0.3, 0.4) is 0 Å². The lowest BCUT2D eigenvalue weighted by molar-refractivity contribution is -0.146. The molecule has 23 heavy (non-hydrogen) atoms. The van der Waals surface area contributed by atoms with Crippen molar-refractivity contribution in [3.05, 3.63) is 77.9 Å². The highest BCUT2D eigenvalue weighted by Gasteiger charge is 2.44. The highest BCUT2D eigenvalue weighted by Crippen LogP contribution is 2.45. The summed E-state index contributed by atoms with van der Waals surface area (Å²) >= 11 is 0. The van der Waals surface area contributed by atoms with E-state index < -0.39 is 5.60 Å². The van der Waals surface area contributed by atoms with E-state index in [2.05, 4.69) is 18.2 Å². The molecule has 0 radical (unpaired) electrons. The van der Waals surface area contributed by atoms with E-state index in [9.17, 15) is 9.90 Å². The summed E-state index contributed by atoms with van der Waals surface area (Å²) in [7, 11) is 0. The second-order valence-electron chi connectivity index (χ2n) is 5.87. The fourth-order valence-electron chi connectivity index (χ4n) is 3.43. The highest BCUT2D eigenvalue weighted by atomic mass is 16.6. The number of ether oxygens (including phenoxy) is 1. The third-order valence-electron chi connectivity index (χ3n) is 4.53. The lowest BCUT2D eigenvalue weighted by Gasteiger charge is -2.30. The zero-order valence-electron chi connectivity index (χ0n) is 12.5. The van der Waals surface area contributed by atoms with Crippen molar-refractivity contribution in [1.82, 2.24) is 0 Å². The summed E-state index contributed by atoms with van der Waals surface area (Å²) in [6.45, 7) is 0. The van der Waals surface area contributed by atoms with Crippen LogP contribution < -0.4 is 0 Å². The molecule has 1 unspecified atom stereocenters. The quantitative estimate of drug-likeness (QED) is 0.724. The largest absolute Gasteiger partial charge is 0.508 e. The van der Waals surface area contributed by atoms with Crippen LogP contribution in [-0.4, -0.2) is 11.1 Å². The summed E-state index contributed by atoms with van der Waals surface area (Å²) < 4.78 is 5.85. The Hall–Kier alpha value is -2.81. The van der Waals surface area contributed by atoms with E-state index in [-0.39, 0.29) is 11.7 Å². The van der Waals surface area contributed by atoms with Crippen molar-refractivity contribution in [2.45, 2.75) is 18.4 Å². The van der Waals surface area contributed by atoms with Gasteiger partial charge in [0.1, 0.15) is 5.75 Å². The van der Waals surface area contributed by atoms with E-state index in [1.54, 1.807) is 12.1 Å². The zero-order chi connectivity index (χ0) is 15.9. The first-order chi connectivity index (χ1) is 11.2. The minimum Gasteiger partial charge on any atom is -0.508 e. The monoisotopic (exact) mass is 304 g/mol. The summed E-state index contributed by atoms with van der Waals surface area (Å²) in [5.41, 5.74) is 1.09. The Labute approximate surface area is 134 Å². The molecule has 1 fully saturated rings. The van der Waals surface area contributed by atoms with Crippen LogP contribution in [0, 0.1) is 0 Å². The van der Waals surface area contributed by atoms with Gasteiger partial charge in [0, 0.05) is 17.5 Å². The average Bonchev–Trinajstić information content (AvgIpc) is 2.98. The van der Waals surface area contributed by atoms with Crippen LogP contribution >= 0.6 is 0 Å². The van der Waals surface area contributed by atoms with Crippen molar-refractivity contribution >= 4 is 16.7 Å². The van der Waals surface area contributed by atoms with Crippen molar-refractivity contribution in [3.8, 4) is 5.75 Å². The Balaban J connectivity index is 1.99. The molecule has 3 aromatic carbocycles. The van der Waals surface area contributed by atoms with Gasteiger partial charge >= 0.3 is 5.97 Å². The van der Waals surface area contributed by atoms with Gasteiger partial charge in [0.15, 0.2) is 5.60 Å². The SMILES string of the molecule is O=C1CCC(c2ccc(O)cc2)(c2cccc3ccccc23)O1. The number of benzene rings is 3. The van der Waals surface area contributed by atoms with Gasteiger partial charge < -0.3 is 9.84 Å². The van der Waals surface area contributed by atoms with Crippen LogP contribution in [0.5, 0.6) is 5.75 Å². The van der Waals surface area contributed by atoms with E-state index in [1.807, 2.05) is 36.4 Å². The number of carbonyl (C=O) groups excluding carboxylic acids is 1. The lowest BCUT2D eigenvalue weighted by Crippen LogP contribution is -2.27. The molecule has 1 aliphatic heterocycles. The van der Waals surface area contributed by atoms with E-state index in [1.165, 1.54) is 0 Å². The summed E-state index contributed by atoms with van der Waals surface area (Å²) in [5.74, 6) is 0.0113. The molecule has 0 spiro atoms. The summed E-state index contributed by atoms with van der Waals surface area (Å²) in [5, 5.41) is 11.8. The van der Waals surface area contributed by atoms with Crippen LogP contribution in [0.25, 0.3) is 10.8 Å². The molecular formula is C20H16O3. The number of phenols is 1. The smallest absolute Gasteiger partial charge is 0.307 e. The summed E-state index contributed by atoms with van der Waals surface area (Å²) in [6.07, 6.45) is 0.995. The molecule has 114 valence electrons. The van der Waals surface area contributed by atoms with Gasteiger partial charge in [-0.1, -0.05) is 54.6 Å². The number of rotatable bonds is 2. The molecule has 1 saturated heterocycles. The predicted molar refractivity (Wildman–Crippen MR) is 88.2 cm³/mol. The van der Waals surface area contributed by atoms with Gasteiger partial charge in [-0.05, 0) is 22.9 Å². The second kappa shape index (κ2) is 5.13. The molecule has 0 amide bonds. The molecule has 3 heteroatoms. The topological polar surface area (TPSA) is 46.5 Å². The molecule has 1 heterocycles. The average molecular weight is 304 g/mol. The van der Waals surface area contributed by atoms with Gasteiger partial charge in [0.25, 0.3) is 0 Å². The van der Waals surface area contributed by atoms with Crippen LogP contribution in [0.4, 0.5) is 0 Å². The molecule has 1 atom stereocenters. The molecule has 1 aliphatic rings. The highest BCUT2D eigenvalue weighted by molar-refractivity contribution is 5.88. The summed E-state index contributed by atoms with van der Waals surface area (Å²) in [6, 6.07) is 21.1. The Kier molecular flexibility index (Phi) is 3.08. The Bertz CT molecular complexity index is 878. The predicted octanol–water partition coefficient (Wildman–Crippen LogP) is 4.13. The van der Waals surface area contributed by atoms with Crippen molar-refractivity contribution in [2.24, 2.45) is 0 Å². The van der Waals surface area contributed by atoms with E-state index in [0.717, 1.165) is 21.9 Å². The maximum absolute atomic E-state index is 11.9. The van der Waals surface area contributed by atoms with Gasteiger partial charge in [-0.25, -0.2) is 0 Å². The van der Waals surface area contributed by atoms with Gasteiger partial charge in [0.05, 0.1) is 6.42 Å². The molecule has 0 aliphatic carbocycles. The third kappa shape index (κ3) is 2.16. The molecule has 1 N–H and O–H groups in total. The Morgan fingerprint density at radius 1 is 0.913 bits per heavy atom. The summed E-state index contributed by atoms with van der Waals surface area (Å²) in [4.78, 5) is 11.9. The van der Waals surface area contributed by atoms with E-state index in [0.29, 0.717) is 12.8 Å². The minimum absolute atomic E-state index is 0.189. The van der Waals surface area contributed by atoms with Crippen molar-refractivity contribution in [3.63, 3.8) is 0 Å². The first kappa shape index (κ1) is 13.8. The third-order valence-corrected chi connectivity index (χ3v) is 4.53. The van der Waals surface area contributed by atoms with E-state index >= 15 is 0 Å². The number of hydrogen-bond donors (Lipinski definition) is 1. The van der Waals surface area contributed by atoms with Gasteiger partial charge in [-0.15, -0.1) is 0 Å². The van der Waals surface area contributed by atoms with E-state index in [4.69, 9.17) is 4.74 Å². The standard InChI is InChI=1S/C20H16O3/c21-16-10-8-15(9-11-16)20(13-12-19(22)23-20)18-7-3-5-14-4-1-2-6-17(14)18/h1-11,21H,12-13H2. The molecule has 0 aromatic heterocycles. The molecule has 4 rings (SSSR count). The first-order valence-electron chi connectivity index (χ1n) is 7.69. The van der Waals surface area contributed by atoms with Crippen LogP contribution in [-0.2, 0) is 15.1 Å². The van der Waals surface area contributed by atoms with Crippen molar-refractivity contribution in [2.75, 3.05) is 0 Å². The van der Waals surface area contributed by atoms with Gasteiger partial charge in [-0.2, -0.15) is 0 Å². The zero-order valence-corrected chi connectivity index (χ0v) is 12.5. The van der Waals surface area contributed by atoms with Crippen LogP contribution in [0.2, 0.25) is 0 Å². The molecule has 0 bridgehead atoms. The Morgan fingerprint density at radius 3 is 2.39 bits per heavy atom. The lowest BCUT2D eigenvalue weighted by atomic mass is 9.81. The minimum atomic E-state index is -0.786. The molecular weight excluding hydrogens is 288 g/mol. The fourth-order valence-corrected chi connectivity index (χ4v) is 3.43. The number of esters is 1. The Morgan fingerprint density at radius 2 is 1.65 bits per heavy atom. The number of aromatic hydroxyl groups is 1. The van der Waals surface area contributed by atoms with Gasteiger partial charge in [0.2, 0.25) is 0 Å². The fraction of sp³-hybridized carbons (Fsp3) is 0.150.